The van der Waals surface area contributed by atoms with Crippen molar-refractivity contribution in [2.75, 3.05) is 38.7 Å². The smallest absolute Gasteiger partial charge is 0.343 e. The highest BCUT2D eigenvalue weighted by Gasteiger charge is 2.50. The van der Waals surface area contributed by atoms with Crippen molar-refractivity contribution in [3.8, 4) is 5.75 Å². The number of hydrogen-bond acceptors (Lipinski definition) is 7. The van der Waals surface area contributed by atoms with E-state index in [0.29, 0.717) is 43.4 Å². The topological polar surface area (TPSA) is 99.5 Å². The zero-order valence-electron chi connectivity index (χ0n) is 27.4. The van der Waals surface area contributed by atoms with Crippen molar-refractivity contribution in [3.05, 3.63) is 83.4 Å². The SMILES string of the molecule is C=CCCN(C)C(=O)[C@H](CC)[C@](O)(C(=O)OC)c1ccc2c(c1)N(C[C@@H]1CC[C@H]1[C@@H](O)C=C)CCCCc1cc(Cl)ccc1CO2. The van der Waals surface area contributed by atoms with Crippen LogP contribution in [0.15, 0.2) is 61.7 Å². The van der Waals surface area contributed by atoms with Crippen LogP contribution in [0.5, 0.6) is 5.75 Å². The van der Waals surface area contributed by atoms with Crippen molar-refractivity contribution in [2.24, 2.45) is 17.8 Å². The molecule has 1 saturated carbocycles. The molecule has 0 aromatic heterocycles. The molecule has 2 aromatic rings. The molecule has 0 saturated heterocycles. The van der Waals surface area contributed by atoms with E-state index in [2.05, 4.69) is 18.1 Å². The summed E-state index contributed by atoms with van der Waals surface area (Å²) in [7, 11) is 2.88. The van der Waals surface area contributed by atoms with Gasteiger partial charge >= 0.3 is 5.97 Å². The van der Waals surface area contributed by atoms with E-state index in [1.807, 2.05) is 18.2 Å². The van der Waals surface area contributed by atoms with E-state index >= 15 is 0 Å². The van der Waals surface area contributed by atoms with Crippen molar-refractivity contribution in [1.82, 2.24) is 4.90 Å². The first kappa shape index (κ1) is 35.5. The summed E-state index contributed by atoms with van der Waals surface area (Å²) in [6.45, 7) is 11.4. The van der Waals surface area contributed by atoms with Gasteiger partial charge in [-0.05, 0) is 97.7 Å². The molecule has 1 amide bonds. The van der Waals surface area contributed by atoms with Crippen LogP contribution in [-0.4, -0.2) is 66.9 Å². The van der Waals surface area contributed by atoms with Crippen LogP contribution in [0, 0.1) is 17.8 Å². The maximum absolute atomic E-state index is 13.7. The Morgan fingerprint density at radius 3 is 2.63 bits per heavy atom. The Kier molecular flexibility index (Phi) is 12.3. The van der Waals surface area contributed by atoms with Gasteiger partial charge in [-0.15, -0.1) is 13.2 Å². The van der Waals surface area contributed by atoms with Gasteiger partial charge in [0.2, 0.25) is 5.91 Å². The molecule has 0 bridgehead atoms. The maximum atomic E-state index is 13.7. The number of methoxy groups -OCH3 is 1. The largest absolute Gasteiger partial charge is 0.487 e. The highest BCUT2D eigenvalue weighted by molar-refractivity contribution is 6.30. The number of esters is 1. The minimum Gasteiger partial charge on any atom is -0.487 e. The highest BCUT2D eigenvalue weighted by Crippen LogP contribution is 2.43. The van der Waals surface area contributed by atoms with Gasteiger partial charge in [0.25, 0.3) is 0 Å². The zero-order valence-corrected chi connectivity index (χ0v) is 28.2. The summed E-state index contributed by atoms with van der Waals surface area (Å²) < 4.78 is 11.6. The Bertz CT molecular complexity index is 1400. The first-order valence-corrected chi connectivity index (χ1v) is 16.7. The average molecular weight is 653 g/mol. The lowest BCUT2D eigenvalue weighted by atomic mass is 9.70. The van der Waals surface area contributed by atoms with Crippen LogP contribution in [0.3, 0.4) is 0 Å². The first-order valence-electron chi connectivity index (χ1n) is 16.4. The molecule has 0 radical (unpaired) electrons. The number of nitrogens with zero attached hydrogens (tertiary/aromatic N) is 2. The van der Waals surface area contributed by atoms with Gasteiger partial charge in [-0.25, -0.2) is 4.79 Å². The minimum absolute atomic E-state index is 0.106. The van der Waals surface area contributed by atoms with Crippen LogP contribution in [0.2, 0.25) is 5.02 Å². The van der Waals surface area contributed by atoms with Crippen LogP contribution < -0.4 is 9.64 Å². The van der Waals surface area contributed by atoms with Gasteiger partial charge in [0.1, 0.15) is 12.4 Å². The van der Waals surface area contributed by atoms with Crippen LogP contribution in [0.4, 0.5) is 5.69 Å². The van der Waals surface area contributed by atoms with Crippen LogP contribution >= 0.6 is 11.6 Å². The summed E-state index contributed by atoms with van der Waals surface area (Å²) in [5, 5.41) is 23.6. The average Bonchev–Trinajstić information content (AvgIpc) is 3.08. The lowest BCUT2D eigenvalue weighted by Crippen LogP contribution is -2.51. The Labute approximate surface area is 278 Å². The van der Waals surface area contributed by atoms with E-state index in [0.717, 1.165) is 48.9 Å². The lowest BCUT2D eigenvalue weighted by Gasteiger charge is -2.43. The number of hydrogen-bond donors (Lipinski definition) is 2. The summed E-state index contributed by atoms with van der Waals surface area (Å²) in [5.74, 6) is -1.40. The maximum Gasteiger partial charge on any atom is 0.343 e. The molecule has 46 heavy (non-hydrogen) atoms. The number of carbonyl (C=O) groups is 2. The minimum atomic E-state index is -2.24. The summed E-state index contributed by atoms with van der Waals surface area (Å²) in [6, 6.07) is 11.1. The highest BCUT2D eigenvalue weighted by atomic mass is 35.5. The van der Waals surface area contributed by atoms with Gasteiger partial charge in [0, 0.05) is 31.7 Å². The van der Waals surface area contributed by atoms with Crippen molar-refractivity contribution < 1.29 is 29.3 Å². The third kappa shape index (κ3) is 7.62. The van der Waals surface area contributed by atoms with Crippen molar-refractivity contribution in [2.45, 2.75) is 70.2 Å². The molecule has 1 heterocycles. The molecule has 4 rings (SSSR count). The van der Waals surface area contributed by atoms with E-state index < -0.39 is 23.6 Å². The summed E-state index contributed by atoms with van der Waals surface area (Å²) in [4.78, 5) is 31.0. The second kappa shape index (κ2) is 16.0. The summed E-state index contributed by atoms with van der Waals surface area (Å²) in [5.41, 5.74) is 0.946. The van der Waals surface area contributed by atoms with Gasteiger partial charge in [-0.2, -0.15) is 0 Å². The molecular formula is C37H49ClN2O6. The molecule has 1 fully saturated rings. The number of fused-ring (bicyclic) bond motifs is 2. The molecule has 9 heteroatoms. The van der Waals surface area contributed by atoms with Crippen molar-refractivity contribution in [1.29, 1.82) is 0 Å². The second-order valence-electron chi connectivity index (χ2n) is 12.6. The van der Waals surface area contributed by atoms with Gasteiger partial charge < -0.3 is 29.5 Å². The van der Waals surface area contributed by atoms with Gasteiger partial charge in [-0.3, -0.25) is 4.79 Å². The fraction of sp³-hybridized carbons (Fsp3) is 0.514. The number of benzene rings is 2. The number of halogens is 1. The van der Waals surface area contributed by atoms with Crippen LogP contribution in [0.1, 0.15) is 62.1 Å². The molecule has 0 spiro atoms. The third-order valence-electron chi connectivity index (χ3n) is 9.78. The van der Waals surface area contributed by atoms with Crippen LogP contribution in [0.25, 0.3) is 0 Å². The van der Waals surface area contributed by atoms with E-state index in [1.54, 1.807) is 44.3 Å². The quantitative estimate of drug-likeness (QED) is 0.213. The van der Waals surface area contributed by atoms with E-state index in [9.17, 15) is 19.8 Å². The monoisotopic (exact) mass is 652 g/mol. The number of ether oxygens (including phenoxy) is 2. The molecule has 0 unspecified atom stereocenters. The fourth-order valence-corrected chi connectivity index (χ4v) is 7.03. The van der Waals surface area contributed by atoms with Crippen LogP contribution in [-0.2, 0) is 33.0 Å². The van der Waals surface area contributed by atoms with Gasteiger partial charge in [0.15, 0.2) is 5.60 Å². The van der Waals surface area contributed by atoms with Crippen molar-refractivity contribution in [3.63, 3.8) is 0 Å². The number of carbonyl (C=O) groups excluding carboxylic acids is 2. The Hall–Kier alpha value is -3.33. The normalized spacial score (nSPS) is 20.6. The standard InChI is InChI=1S/C37H49ClN2O6/c1-6-9-19-39(4)35(42)31(7-2)37(44,36(43)45-5)28-15-18-34-32(22-28)40(23-26-14-17-30(26)33(41)8-3)20-11-10-12-25-21-29(38)16-13-27(25)24-46-34/h6,8,13,15-16,18,21-22,26,30-31,33,41,44H,1,3,7,9-12,14,17,19-20,23-24H2,2,4-5H3/t26-,30+,31-,33-,37-/m0/s1. The Morgan fingerprint density at radius 2 is 1.98 bits per heavy atom. The number of aryl methyl sites for hydroxylation is 1. The predicted molar refractivity (Wildman–Crippen MR) is 182 cm³/mol. The molecule has 2 N–H and O–H groups in total. The summed E-state index contributed by atoms with van der Waals surface area (Å²) >= 11 is 6.34. The fourth-order valence-electron chi connectivity index (χ4n) is 6.83. The molecule has 5 atom stereocenters. The molecule has 2 aliphatic rings. The molecule has 2 aromatic carbocycles. The van der Waals surface area contributed by atoms with Gasteiger partial charge in [0.05, 0.1) is 24.8 Å². The first-order chi connectivity index (χ1) is 22.1. The molecular weight excluding hydrogens is 604 g/mol. The van der Waals surface area contributed by atoms with E-state index in [1.165, 1.54) is 12.0 Å². The van der Waals surface area contributed by atoms with Gasteiger partial charge in [-0.1, -0.05) is 42.8 Å². The molecule has 1 aliphatic carbocycles. The summed E-state index contributed by atoms with van der Waals surface area (Å²) in [6.07, 6.45) is 8.10. The molecule has 8 nitrogen and oxygen atoms in total. The number of aliphatic hydroxyl groups is 2. The Balaban J connectivity index is 1.80. The predicted octanol–water partition coefficient (Wildman–Crippen LogP) is 6.06. The molecule has 250 valence electrons. The van der Waals surface area contributed by atoms with E-state index in [-0.39, 0.29) is 29.7 Å². The Morgan fingerprint density at radius 1 is 1.20 bits per heavy atom. The third-order valence-corrected chi connectivity index (χ3v) is 10.0. The number of anilines is 1. The molecule has 1 aliphatic heterocycles. The number of aliphatic hydroxyl groups excluding tert-OH is 1. The second-order valence-corrected chi connectivity index (χ2v) is 13.0. The number of rotatable bonds is 12. The number of amides is 1. The lowest BCUT2D eigenvalue weighted by molar-refractivity contribution is -0.176. The zero-order chi connectivity index (χ0) is 33.4. The van der Waals surface area contributed by atoms with Crippen molar-refractivity contribution >= 4 is 29.2 Å². The van der Waals surface area contributed by atoms with E-state index in [4.69, 9.17) is 21.1 Å².